The second-order valence-electron chi connectivity index (χ2n) is 2.49. The van der Waals surface area contributed by atoms with Crippen LogP contribution in [-0.2, 0) is 0 Å². The Morgan fingerprint density at radius 2 is 1.60 bits per heavy atom. The van der Waals surface area contributed by atoms with E-state index < -0.39 is 0 Å². The maximum absolute atomic E-state index is 3.00. The molecule has 1 rings (SSSR count). The predicted molar refractivity (Wildman–Crippen MR) is 47.2 cm³/mol. The van der Waals surface area contributed by atoms with Crippen molar-refractivity contribution in [1.29, 1.82) is 0 Å². The van der Waals surface area contributed by atoms with E-state index in [1.807, 2.05) is 0 Å². The van der Waals surface area contributed by atoms with Crippen LogP contribution >= 0.6 is 0 Å². The molecule has 1 heterocycles. The smallest absolute Gasteiger partial charge is 0.00188 e. The van der Waals surface area contributed by atoms with Gasteiger partial charge < -0.3 is 4.90 Å². The van der Waals surface area contributed by atoms with Crippen LogP contribution < -0.4 is 0 Å². The van der Waals surface area contributed by atoms with E-state index in [1.165, 1.54) is 38.9 Å². The first-order chi connectivity index (χ1) is 4.93. The lowest BCUT2D eigenvalue weighted by Crippen LogP contribution is -2.29. The van der Waals surface area contributed by atoms with Crippen molar-refractivity contribution in [2.75, 3.05) is 19.6 Å². The summed E-state index contributed by atoms with van der Waals surface area (Å²) in [7, 11) is 0. The van der Waals surface area contributed by atoms with E-state index in [9.17, 15) is 0 Å². The maximum Gasteiger partial charge on any atom is -0.00188 e. The molecule has 0 unspecified atom stereocenters. The van der Waals surface area contributed by atoms with E-state index in [4.69, 9.17) is 0 Å². The molecule has 0 spiro atoms. The van der Waals surface area contributed by atoms with Crippen LogP contribution in [0.3, 0.4) is 0 Å². The van der Waals surface area contributed by atoms with Crippen LogP contribution in [0.2, 0.25) is 0 Å². The molecular weight excluding hydrogens is 122 g/mol. The molecule has 0 aromatic heterocycles. The molecule has 0 amide bonds. The molecule has 1 fully saturated rings. The van der Waals surface area contributed by atoms with Crippen molar-refractivity contribution in [2.45, 2.75) is 26.2 Å². The summed E-state index contributed by atoms with van der Waals surface area (Å²) in [5, 5.41) is 0. The van der Waals surface area contributed by atoms with E-state index in [0.29, 0.717) is 0 Å². The minimum absolute atomic E-state index is 1.25. The van der Waals surface area contributed by atoms with Gasteiger partial charge in [-0.25, -0.2) is 0 Å². The highest BCUT2D eigenvalue weighted by molar-refractivity contribution is 4.61. The fourth-order valence-corrected chi connectivity index (χ4v) is 1.28. The summed E-state index contributed by atoms with van der Waals surface area (Å²) < 4.78 is 0. The molecule has 0 aromatic rings. The summed E-state index contributed by atoms with van der Waals surface area (Å²) >= 11 is 0. The first-order valence-electron chi connectivity index (χ1n) is 4.16. The van der Waals surface area contributed by atoms with Crippen LogP contribution in [0.25, 0.3) is 0 Å². The minimum Gasteiger partial charge on any atom is -0.304 e. The van der Waals surface area contributed by atoms with E-state index in [-0.39, 0.29) is 0 Å². The molecule has 0 aromatic carbocycles. The Morgan fingerprint density at radius 1 is 1.10 bits per heavy atom. The number of piperidine rings is 1. The van der Waals surface area contributed by atoms with Gasteiger partial charge in [-0.3, -0.25) is 0 Å². The van der Waals surface area contributed by atoms with Gasteiger partial charge in [0.1, 0.15) is 0 Å². The Balaban J connectivity index is 0.000000371. The molecule has 1 aliphatic heterocycles. The molecule has 10 heavy (non-hydrogen) atoms. The Kier molecular flexibility index (Phi) is 6.61. The molecule has 0 bridgehead atoms. The zero-order chi connectivity index (χ0) is 7.82. The van der Waals surface area contributed by atoms with Gasteiger partial charge in [-0.1, -0.05) is 13.3 Å². The van der Waals surface area contributed by atoms with Crippen LogP contribution in [0.15, 0.2) is 13.2 Å². The molecule has 0 aliphatic carbocycles. The van der Waals surface area contributed by atoms with Crippen molar-refractivity contribution in [3.63, 3.8) is 0 Å². The summed E-state index contributed by atoms with van der Waals surface area (Å²) in [6.07, 6.45) is 4.30. The summed E-state index contributed by atoms with van der Waals surface area (Å²) in [5.41, 5.74) is 0. The number of nitrogens with zero attached hydrogens (tertiary/aromatic N) is 1. The number of hydrogen-bond acceptors (Lipinski definition) is 1. The lowest BCUT2D eigenvalue weighted by atomic mass is 10.1. The third-order valence-corrected chi connectivity index (χ3v) is 1.90. The van der Waals surface area contributed by atoms with Crippen LogP contribution in [0.4, 0.5) is 0 Å². The molecule has 1 heteroatoms. The highest BCUT2D eigenvalue weighted by atomic mass is 15.1. The van der Waals surface area contributed by atoms with E-state index in [0.717, 1.165) is 0 Å². The maximum atomic E-state index is 3.00. The van der Waals surface area contributed by atoms with Gasteiger partial charge in [-0.15, -0.1) is 13.2 Å². The Hall–Kier alpha value is -0.300. The van der Waals surface area contributed by atoms with Crippen LogP contribution in [-0.4, -0.2) is 24.5 Å². The fraction of sp³-hybridized carbons (Fsp3) is 0.778. The standard InChI is InChI=1S/C7H15N.C2H4/c1-2-8-6-4-3-5-7-8;1-2/h2-7H2,1H3;1-2H2. The molecule has 0 atom stereocenters. The largest absolute Gasteiger partial charge is 0.304 e. The van der Waals surface area contributed by atoms with Gasteiger partial charge >= 0.3 is 0 Å². The summed E-state index contributed by atoms with van der Waals surface area (Å²) in [5.74, 6) is 0. The second kappa shape index (κ2) is 6.81. The van der Waals surface area contributed by atoms with Gasteiger partial charge in [0.05, 0.1) is 0 Å². The molecule has 0 saturated carbocycles. The highest BCUT2D eigenvalue weighted by Gasteiger charge is 2.05. The lowest BCUT2D eigenvalue weighted by molar-refractivity contribution is 0.240. The number of rotatable bonds is 1. The van der Waals surface area contributed by atoms with E-state index in [2.05, 4.69) is 25.0 Å². The zero-order valence-corrected chi connectivity index (χ0v) is 7.10. The summed E-state index contributed by atoms with van der Waals surface area (Å²) in [6.45, 7) is 12.2. The predicted octanol–water partition coefficient (Wildman–Crippen LogP) is 2.29. The highest BCUT2D eigenvalue weighted by Crippen LogP contribution is 2.06. The van der Waals surface area contributed by atoms with Gasteiger partial charge in [0.15, 0.2) is 0 Å². The SMILES string of the molecule is C=C.CCN1CCCCC1. The summed E-state index contributed by atoms with van der Waals surface area (Å²) in [6, 6.07) is 0. The quantitative estimate of drug-likeness (QED) is 0.506. The van der Waals surface area contributed by atoms with Gasteiger partial charge in [0.25, 0.3) is 0 Å². The Morgan fingerprint density at radius 3 is 1.90 bits per heavy atom. The molecule has 60 valence electrons. The van der Waals surface area contributed by atoms with Crippen molar-refractivity contribution in [3.8, 4) is 0 Å². The summed E-state index contributed by atoms with van der Waals surface area (Å²) in [4.78, 5) is 2.52. The molecule has 1 nitrogen and oxygen atoms in total. The normalized spacial score (nSPS) is 19.3. The van der Waals surface area contributed by atoms with Gasteiger partial charge in [-0.2, -0.15) is 0 Å². The average Bonchev–Trinajstić information content (AvgIpc) is 2.10. The topological polar surface area (TPSA) is 3.24 Å². The van der Waals surface area contributed by atoms with Crippen molar-refractivity contribution in [2.24, 2.45) is 0 Å². The molecule has 0 radical (unpaired) electrons. The fourth-order valence-electron chi connectivity index (χ4n) is 1.28. The van der Waals surface area contributed by atoms with Crippen molar-refractivity contribution < 1.29 is 0 Å². The minimum atomic E-state index is 1.25. The Bertz CT molecular complexity index is 65.1. The third kappa shape index (κ3) is 3.67. The third-order valence-electron chi connectivity index (χ3n) is 1.90. The van der Waals surface area contributed by atoms with Crippen molar-refractivity contribution >= 4 is 0 Å². The first kappa shape index (κ1) is 9.70. The van der Waals surface area contributed by atoms with E-state index in [1.54, 1.807) is 0 Å². The number of hydrogen-bond donors (Lipinski definition) is 0. The van der Waals surface area contributed by atoms with Crippen LogP contribution in [0.5, 0.6) is 0 Å². The van der Waals surface area contributed by atoms with Crippen molar-refractivity contribution in [3.05, 3.63) is 13.2 Å². The Labute approximate surface area is 64.7 Å². The van der Waals surface area contributed by atoms with Gasteiger partial charge in [0.2, 0.25) is 0 Å². The van der Waals surface area contributed by atoms with Gasteiger partial charge in [-0.05, 0) is 32.5 Å². The van der Waals surface area contributed by atoms with E-state index >= 15 is 0 Å². The lowest BCUT2D eigenvalue weighted by Gasteiger charge is -2.24. The monoisotopic (exact) mass is 141 g/mol. The van der Waals surface area contributed by atoms with Crippen molar-refractivity contribution in [1.82, 2.24) is 4.90 Å². The zero-order valence-electron chi connectivity index (χ0n) is 7.10. The van der Waals surface area contributed by atoms with Gasteiger partial charge in [0, 0.05) is 0 Å². The average molecular weight is 141 g/mol. The van der Waals surface area contributed by atoms with Crippen LogP contribution in [0, 0.1) is 0 Å². The number of likely N-dealkylation sites (tertiary alicyclic amines) is 1. The van der Waals surface area contributed by atoms with Crippen LogP contribution in [0.1, 0.15) is 26.2 Å². The second-order valence-corrected chi connectivity index (χ2v) is 2.49. The molecule has 0 N–H and O–H groups in total. The molecule has 1 saturated heterocycles. The molecule has 1 aliphatic rings. The molecular formula is C9H19N. The first-order valence-corrected chi connectivity index (χ1v) is 4.16.